The average Bonchev–Trinajstić information content (AvgIpc) is 3.01. The number of piperazine rings is 1. The Kier molecular flexibility index (Phi) is 5.91. The number of benzene rings is 1. The molecule has 0 radical (unpaired) electrons. The highest BCUT2D eigenvalue weighted by atomic mass is 32.2. The van der Waals surface area contributed by atoms with E-state index in [1.165, 1.54) is 22.5 Å². The molecule has 3 rings (SSSR count). The maximum Gasteiger partial charge on any atom is 0.246 e. The van der Waals surface area contributed by atoms with E-state index < -0.39 is 15.8 Å². The molecule has 0 saturated carbocycles. The second kappa shape index (κ2) is 7.99. The summed E-state index contributed by atoms with van der Waals surface area (Å²) in [4.78, 5) is 16.0. The van der Waals surface area contributed by atoms with Gasteiger partial charge in [-0.05, 0) is 18.6 Å². The number of carbonyl (C=O) groups excluding carboxylic acids is 1. The SMILES string of the molecule is COCCN1CCC(N2CCN(S(=O)(=O)c3ccccc3F)CC2)C1=O. The Labute approximate surface area is 153 Å². The van der Waals surface area contributed by atoms with E-state index in [9.17, 15) is 17.6 Å². The van der Waals surface area contributed by atoms with E-state index in [1.807, 2.05) is 4.90 Å². The normalized spacial score (nSPS) is 22.9. The fourth-order valence-electron chi connectivity index (χ4n) is 3.53. The molecule has 1 aromatic carbocycles. The summed E-state index contributed by atoms with van der Waals surface area (Å²) in [5.74, 6) is -0.665. The first-order valence-corrected chi connectivity index (χ1v) is 10.2. The van der Waals surface area contributed by atoms with Crippen molar-refractivity contribution in [2.75, 3.05) is 53.0 Å². The van der Waals surface area contributed by atoms with Gasteiger partial charge in [0.05, 0.1) is 12.6 Å². The van der Waals surface area contributed by atoms with Gasteiger partial charge < -0.3 is 9.64 Å². The molecule has 2 aliphatic rings. The van der Waals surface area contributed by atoms with Gasteiger partial charge in [0.25, 0.3) is 0 Å². The largest absolute Gasteiger partial charge is 0.383 e. The van der Waals surface area contributed by atoms with Crippen molar-refractivity contribution in [2.24, 2.45) is 0 Å². The van der Waals surface area contributed by atoms with Crippen molar-refractivity contribution in [2.45, 2.75) is 17.4 Å². The van der Waals surface area contributed by atoms with Crippen LogP contribution in [0.4, 0.5) is 4.39 Å². The number of rotatable bonds is 6. The first kappa shape index (κ1) is 19.2. The number of hydrogen-bond acceptors (Lipinski definition) is 5. The molecule has 2 aliphatic heterocycles. The zero-order valence-corrected chi connectivity index (χ0v) is 15.6. The minimum absolute atomic E-state index is 0.0764. The molecule has 9 heteroatoms. The number of likely N-dealkylation sites (tertiary alicyclic amines) is 1. The highest BCUT2D eigenvalue weighted by Crippen LogP contribution is 2.23. The standard InChI is InChI=1S/C17H24FN3O4S/c1-25-13-12-20-7-6-15(17(20)22)19-8-10-21(11-9-19)26(23,24)16-5-3-2-4-14(16)18/h2-5,15H,6-13H2,1H3. The zero-order chi connectivity index (χ0) is 18.7. The molecule has 1 unspecified atom stereocenters. The van der Waals surface area contributed by atoms with E-state index in [2.05, 4.69) is 0 Å². The Bertz CT molecular complexity index is 750. The summed E-state index contributed by atoms with van der Waals surface area (Å²) in [6, 6.07) is 5.20. The smallest absolute Gasteiger partial charge is 0.246 e. The number of halogens is 1. The number of nitrogens with zero attached hydrogens (tertiary/aromatic N) is 3. The minimum atomic E-state index is -3.86. The molecule has 1 aromatic rings. The van der Waals surface area contributed by atoms with Gasteiger partial charge in [-0.2, -0.15) is 4.31 Å². The van der Waals surface area contributed by atoms with Crippen molar-refractivity contribution >= 4 is 15.9 Å². The molecular formula is C17H24FN3O4S. The first-order valence-electron chi connectivity index (χ1n) is 8.71. The Morgan fingerprint density at radius 3 is 2.50 bits per heavy atom. The van der Waals surface area contributed by atoms with Crippen LogP contribution < -0.4 is 0 Å². The summed E-state index contributed by atoms with van der Waals surface area (Å²) in [5.41, 5.74) is 0. The van der Waals surface area contributed by atoms with Crippen molar-refractivity contribution in [3.8, 4) is 0 Å². The molecule has 1 amide bonds. The number of hydrogen-bond donors (Lipinski definition) is 0. The summed E-state index contributed by atoms with van der Waals surface area (Å²) in [6.07, 6.45) is 0.739. The molecule has 26 heavy (non-hydrogen) atoms. The highest BCUT2D eigenvalue weighted by Gasteiger charge is 2.39. The lowest BCUT2D eigenvalue weighted by molar-refractivity contribution is -0.133. The monoisotopic (exact) mass is 385 g/mol. The van der Waals surface area contributed by atoms with Crippen molar-refractivity contribution in [1.29, 1.82) is 0 Å². The van der Waals surface area contributed by atoms with E-state index >= 15 is 0 Å². The van der Waals surface area contributed by atoms with Crippen LogP contribution in [0.25, 0.3) is 0 Å². The van der Waals surface area contributed by atoms with E-state index in [0.29, 0.717) is 32.8 Å². The van der Waals surface area contributed by atoms with Gasteiger partial charge in [0.2, 0.25) is 15.9 Å². The lowest BCUT2D eigenvalue weighted by Crippen LogP contribution is -2.53. The van der Waals surface area contributed by atoms with Crippen LogP contribution in [0.15, 0.2) is 29.2 Å². The topological polar surface area (TPSA) is 70.2 Å². The van der Waals surface area contributed by atoms with Crippen molar-refractivity contribution in [1.82, 2.24) is 14.1 Å². The molecule has 1 atom stereocenters. The van der Waals surface area contributed by atoms with Crippen LogP contribution in [-0.2, 0) is 19.6 Å². The average molecular weight is 385 g/mol. The van der Waals surface area contributed by atoms with Gasteiger partial charge in [-0.15, -0.1) is 0 Å². The molecule has 0 aliphatic carbocycles. The number of sulfonamides is 1. The molecule has 0 bridgehead atoms. The molecule has 2 fully saturated rings. The number of ether oxygens (including phenoxy) is 1. The lowest BCUT2D eigenvalue weighted by Gasteiger charge is -2.36. The Morgan fingerprint density at radius 2 is 1.85 bits per heavy atom. The van der Waals surface area contributed by atoms with Gasteiger partial charge in [0, 0.05) is 46.4 Å². The van der Waals surface area contributed by atoms with Crippen LogP contribution in [-0.4, -0.2) is 87.5 Å². The fraction of sp³-hybridized carbons (Fsp3) is 0.588. The summed E-state index contributed by atoms with van der Waals surface area (Å²) < 4.78 is 45.5. The van der Waals surface area contributed by atoms with Gasteiger partial charge >= 0.3 is 0 Å². The molecule has 0 aromatic heterocycles. The predicted molar refractivity (Wildman–Crippen MR) is 93.6 cm³/mol. The van der Waals surface area contributed by atoms with Crippen molar-refractivity contribution in [3.05, 3.63) is 30.1 Å². The van der Waals surface area contributed by atoms with Gasteiger partial charge in [0.15, 0.2) is 0 Å². The molecule has 0 spiro atoms. The van der Waals surface area contributed by atoms with Gasteiger partial charge in [-0.1, -0.05) is 12.1 Å². The minimum Gasteiger partial charge on any atom is -0.383 e. The summed E-state index contributed by atoms with van der Waals surface area (Å²) in [5, 5.41) is 0. The molecular weight excluding hydrogens is 361 g/mol. The van der Waals surface area contributed by atoms with Crippen LogP contribution in [0.5, 0.6) is 0 Å². The third-order valence-electron chi connectivity index (χ3n) is 5.00. The highest BCUT2D eigenvalue weighted by molar-refractivity contribution is 7.89. The van der Waals surface area contributed by atoms with E-state index in [1.54, 1.807) is 12.0 Å². The van der Waals surface area contributed by atoms with E-state index in [-0.39, 0.29) is 29.9 Å². The van der Waals surface area contributed by atoms with Crippen LogP contribution >= 0.6 is 0 Å². The quantitative estimate of drug-likeness (QED) is 0.708. The van der Waals surface area contributed by atoms with Gasteiger partial charge in [-0.3, -0.25) is 9.69 Å². The Hall–Kier alpha value is -1.55. The molecule has 2 saturated heterocycles. The third kappa shape index (κ3) is 3.75. The Morgan fingerprint density at radius 1 is 1.15 bits per heavy atom. The predicted octanol–water partition coefficient (Wildman–Crippen LogP) is 0.379. The second-order valence-corrected chi connectivity index (χ2v) is 8.40. The summed E-state index contributed by atoms with van der Waals surface area (Å²) in [7, 11) is -2.25. The first-order chi connectivity index (χ1) is 12.4. The van der Waals surface area contributed by atoms with Crippen molar-refractivity contribution in [3.63, 3.8) is 0 Å². The maximum absolute atomic E-state index is 13.9. The number of amides is 1. The van der Waals surface area contributed by atoms with Crippen LogP contribution in [0.1, 0.15) is 6.42 Å². The van der Waals surface area contributed by atoms with Crippen LogP contribution in [0, 0.1) is 5.82 Å². The second-order valence-electron chi connectivity index (χ2n) is 6.49. The maximum atomic E-state index is 13.9. The van der Waals surface area contributed by atoms with E-state index in [4.69, 9.17) is 4.74 Å². The van der Waals surface area contributed by atoms with Gasteiger partial charge in [-0.25, -0.2) is 12.8 Å². The molecule has 0 N–H and O–H groups in total. The van der Waals surface area contributed by atoms with Crippen LogP contribution in [0.3, 0.4) is 0 Å². The van der Waals surface area contributed by atoms with Gasteiger partial charge in [0.1, 0.15) is 10.7 Å². The fourth-order valence-corrected chi connectivity index (χ4v) is 5.02. The number of methoxy groups -OCH3 is 1. The van der Waals surface area contributed by atoms with Crippen LogP contribution in [0.2, 0.25) is 0 Å². The van der Waals surface area contributed by atoms with E-state index in [0.717, 1.165) is 12.5 Å². The molecule has 2 heterocycles. The Balaban J connectivity index is 1.61. The molecule has 144 valence electrons. The van der Waals surface area contributed by atoms with Crippen molar-refractivity contribution < 1.29 is 22.3 Å². The lowest BCUT2D eigenvalue weighted by atomic mass is 10.2. The molecule has 7 nitrogen and oxygen atoms in total. The summed E-state index contributed by atoms with van der Waals surface area (Å²) in [6.45, 7) is 3.20. The summed E-state index contributed by atoms with van der Waals surface area (Å²) >= 11 is 0. The third-order valence-corrected chi connectivity index (χ3v) is 6.93. The zero-order valence-electron chi connectivity index (χ0n) is 14.8. The number of carbonyl (C=O) groups is 1.